The second kappa shape index (κ2) is 10.6. The Hall–Kier alpha value is -2.52. The van der Waals surface area contributed by atoms with E-state index < -0.39 is 15.6 Å². The van der Waals surface area contributed by atoms with Crippen LogP contribution < -0.4 is 0 Å². The van der Waals surface area contributed by atoms with Crippen LogP contribution in [0.25, 0.3) is 11.6 Å². The molecule has 2 aromatic heterocycles. The summed E-state index contributed by atoms with van der Waals surface area (Å²) in [5, 5.41) is 12.2. The third-order valence-electron chi connectivity index (χ3n) is 8.21. The Balaban J connectivity index is 1.53. The maximum atomic E-state index is 12.1. The number of sulfonamides is 1. The maximum absolute atomic E-state index is 12.1. The van der Waals surface area contributed by atoms with Gasteiger partial charge in [-0.2, -0.15) is 0 Å². The molecular weight excluding hydrogens is 520 g/mol. The average Bonchev–Trinajstić information content (AvgIpc) is 3.29. The predicted octanol–water partition coefficient (Wildman–Crippen LogP) is 5.20. The Morgan fingerprint density at radius 2 is 1.95 bits per heavy atom. The van der Waals surface area contributed by atoms with Crippen LogP contribution in [-0.2, 0) is 22.7 Å². The molecule has 2 unspecified atom stereocenters. The van der Waals surface area contributed by atoms with Gasteiger partial charge in [0.25, 0.3) is 0 Å². The van der Waals surface area contributed by atoms with E-state index in [2.05, 4.69) is 23.2 Å². The molecule has 5 rings (SSSR count). The fourth-order valence-electron chi connectivity index (χ4n) is 6.01. The van der Waals surface area contributed by atoms with Crippen LogP contribution in [0.15, 0.2) is 49.1 Å². The molecule has 0 bridgehead atoms. The molecule has 1 aliphatic carbocycles. The summed E-state index contributed by atoms with van der Waals surface area (Å²) in [5.41, 5.74) is 5.06. The number of hydrogen-bond acceptors (Lipinski definition) is 5. The van der Waals surface area contributed by atoms with Gasteiger partial charge < -0.3 is 9.67 Å². The van der Waals surface area contributed by atoms with Crippen molar-refractivity contribution in [3.63, 3.8) is 0 Å². The lowest BCUT2D eigenvalue weighted by atomic mass is 9.76. The largest absolute Gasteiger partial charge is 0.383 e. The quantitative estimate of drug-likeness (QED) is 0.433. The third-order valence-corrected chi connectivity index (χ3v) is 9.74. The number of aliphatic hydroxyl groups is 1. The van der Waals surface area contributed by atoms with E-state index in [0.29, 0.717) is 43.1 Å². The van der Waals surface area contributed by atoms with E-state index in [1.807, 2.05) is 49.1 Å². The molecule has 2 aliphatic rings. The van der Waals surface area contributed by atoms with Crippen LogP contribution in [0.2, 0.25) is 5.02 Å². The standard InChI is InChI=1S/C29H35ClN4O3S/c1-4-29(35,26-18-33(2)19-32-26)12-9-21-16-22-17-23(30)7-8-24(22)27(28-25(21)6-5-13-31-28)20-10-14-34(15-11-20)38(3,36)37/h5-8,13,16-20,27,35H,4,9-12,14-15H2,1-3H3. The van der Waals surface area contributed by atoms with Crippen LogP contribution in [0.1, 0.15) is 73.0 Å². The summed E-state index contributed by atoms with van der Waals surface area (Å²) in [4.78, 5) is 9.36. The van der Waals surface area contributed by atoms with Gasteiger partial charge in [-0.25, -0.2) is 17.7 Å². The molecule has 9 heteroatoms. The predicted molar refractivity (Wildman–Crippen MR) is 151 cm³/mol. The summed E-state index contributed by atoms with van der Waals surface area (Å²) >= 11 is 6.48. The van der Waals surface area contributed by atoms with Crippen molar-refractivity contribution in [2.45, 2.75) is 50.5 Å². The number of benzene rings is 1. The summed E-state index contributed by atoms with van der Waals surface area (Å²) in [6, 6.07) is 10.1. The number of rotatable bonds is 7. The van der Waals surface area contributed by atoms with Crippen LogP contribution in [0.3, 0.4) is 0 Å². The number of halogens is 1. The maximum Gasteiger partial charge on any atom is 0.211 e. The number of fused-ring (bicyclic) bond motifs is 2. The summed E-state index contributed by atoms with van der Waals surface area (Å²) in [6.45, 7) is 3.01. The van der Waals surface area contributed by atoms with Gasteiger partial charge in [0, 0.05) is 43.5 Å². The molecule has 0 amide bonds. The summed E-state index contributed by atoms with van der Waals surface area (Å²) in [7, 11) is -1.30. The zero-order valence-corrected chi connectivity index (χ0v) is 23.7. The average molecular weight is 555 g/mol. The van der Waals surface area contributed by atoms with Crippen molar-refractivity contribution in [2.75, 3.05) is 19.3 Å². The Labute approximate surface area is 230 Å². The number of aryl methyl sites for hydroxylation is 1. The van der Waals surface area contributed by atoms with Crippen molar-refractivity contribution in [3.8, 4) is 0 Å². The molecule has 3 heterocycles. The van der Waals surface area contributed by atoms with Gasteiger partial charge in [0.05, 0.1) is 24.0 Å². The minimum Gasteiger partial charge on any atom is -0.383 e. The van der Waals surface area contributed by atoms with Gasteiger partial charge in [0.15, 0.2) is 0 Å². The molecular formula is C29H35ClN4O3S. The first-order valence-electron chi connectivity index (χ1n) is 13.2. The highest BCUT2D eigenvalue weighted by Gasteiger charge is 2.37. The molecule has 0 radical (unpaired) electrons. The van der Waals surface area contributed by atoms with Crippen LogP contribution in [-0.4, -0.2) is 51.7 Å². The van der Waals surface area contributed by atoms with Crippen LogP contribution in [0.4, 0.5) is 0 Å². The molecule has 1 saturated heterocycles. The van der Waals surface area contributed by atoms with Gasteiger partial charge in [-0.1, -0.05) is 36.7 Å². The third kappa shape index (κ3) is 5.32. The number of pyridine rings is 1. The van der Waals surface area contributed by atoms with Gasteiger partial charge in [0.1, 0.15) is 5.60 Å². The Morgan fingerprint density at radius 1 is 1.18 bits per heavy atom. The smallest absolute Gasteiger partial charge is 0.211 e. The van der Waals surface area contributed by atoms with Crippen molar-refractivity contribution in [2.24, 2.45) is 13.0 Å². The molecule has 1 N–H and O–H groups in total. The lowest BCUT2D eigenvalue weighted by Crippen LogP contribution is -2.39. The van der Waals surface area contributed by atoms with E-state index >= 15 is 0 Å². The molecule has 1 fully saturated rings. The SMILES string of the molecule is CCC(O)(CCC1=Cc2cc(Cl)ccc2C(C2CCN(S(C)(=O)=O)CC2)c2ncccc21)c1cn(C)cn1. The molecule has 2 atom stereocenters. The van der Waals surface area contributed by atoms with Crippen molar-refractivity contribution < 1.29 is 13.5 Å². The lowest BCUT2D eigenvalue weighted by molar-refractivity contribution is 0.0209. The normalized spacial score (nSPS) is 20.2. The van der Waals surface area contributed by atoms with Crippen LogP contribution in [0, 0.1) is 5.92 Å². The van der Waals surface area contributed by atoms with Crippen molar-refractivity contribution in [1.82, 2.24) is 18.8 Å². The second-order valence-electron chi connectivity index (χ2n) is 10.7. The topological polar surface area (TPSA) is 88.3 Å². The number of hydrogen-bond donors (Lipinski definition) is 1. The van der Waals surface area contributed by atoms with E-state index in [4.69, 9.17) is 16.6 Å². The summed E-state index contributed by atoms with van der Waals surface area (Å²) in [6.07, 6.45) is 12.2. The Morgan fingerprint density at radius 3 is 2.61 bits per heavy atom. The number of allylic oxidation sites excluding steroid dienone is 1. The highest BCUT2D eigenvalue weighted by Crippen LogP contribution is 2.46. The van der Waals surface area contributed by atoms with Gasteiger partial charge in [-0.15, -0.1) is 0 Å². The number of piperidine rings is 1. The molecule has 38 heavy (non-hydrogen) atoms. The van der Waals surface area contributed by atoms with Gasteiger partial charge in [0.2, 0.25) is 10.0 Å². The second-order valence-corrected chi connectivity index (χ2v) is 13.1. The molecule has 1 aromatic carbocycles. The minimum atomic E-state index is -3.21. The molecule has 202 valence electrons. The summed E-state index contributed by atoms with van der Waals surface area (Å²) < 4.78 is 27.7. The molecule has 7 nitrogen and oxygen atoms in total. The number of imidazole rings is 1. The van der Waals surface area contributed by atoms with Gasteiger partial charge >= 0.3 is 0 Å². The molecule has 0 spiro atoms. The van der Waals surface area contributed by atoms with E-state index in [0.717, 1.165) is 40.8 Å². The fourth-order valence-corrected chi connectivity index (χ4v) is 7.06. The summed E-state index contributed by atoms with van der Waals surface area (Å²) in [5.74, 6) is 0.269. The zero-order valence-electron chi connectivity index (χ0n) is 22.1. The van der Waals surface area contributed by atoms with E-state index in [9.17, 15) is 13.5 Å². The number of aromatic nitrogens is 3. The first-order chi connectivity index (χ1) is 18.1. The Kier molecular flexibility index (Phi) is 7.52. The van der Waals surface area contributed by atoms with Crippen LogP contribution in [0.5, 0.6) is 0 Å². The minimum absolute atomic E-state index is 0.0229. The van der Waals surface area contributed by atoms with E-state index in [1.54, 1.807) is 10.6 Å². The molecule has 3 aromatic rings. The van der Waals surface area contributed by atoms with Crippen molar-refractivity contribution in [1.29, 1.82) is 0 Å². The van der Waals surface area contributed by atoms with Gasteiger partial charge in [-0.3, -0.25) is 4.98 Å². The van der Waals surface area contributed by atoms with Crippen LogP contribution >= 0.6 is 11.6 Å². The number of nitrogens with zero attached hydrogens (tertiary/aromatic N) is 4. The molecule has 1 aliphatic heterocycles. The fraction of sp³-hybridized carbons (Fsp3) is 0.448. The monoisotopic (exact) mass is 554 g/mol. The first kappa shape index (κ1) is 27.1. The zero-order chi connectivity index (χ0) is 27.1. The highest BCUT2D eigenvalue weighted by molar-refractivity contribution is 7.88. The highest BCUT2D eigenvalue weighted by atomic mass is 35.5. The van der Waals surface area contributed by atoms with E-state index in [-0.39, 0.29) is 11.8 Å². The Bertz CT molecular complexity index is 1460. The molecule has 0 saturated carbocycles. The van der Waals surface area contributed by atoms with Crippen molar-refractivity contribution >= 4 is 33.3 Å². The first-order valence-corrected chi connectivity index (χ1v) is 15.4. The lowest BCUT2D eigenvalue weighted by Gasteiger charge is -2.35. The van der Waals surface area contributed by atoms with E-state index in [1.165, 1.54) is 6.26 Å². The van der Waals surface area contributed by atoms with Gasteiger partial charge in [-0.05, 0) is 78.5 Å². The van der Waals surface area contributed by atoms with Crippen molar-refractivity contribution in [3.05, 3.63) is 82.2 Å².